The number of carbonyl (C=O) groups excluding carboxylic acids is 1. The summed E-state index contributed by atoms with van der Waals surface area (Å²) in [6.45, 7) is 2.29. The molecule has 0 saturated carbocycles. The fourth-order valence-corrected chi connectivity index (χ4v) is 3.61. The minimum Gasteiger partial charge on any atom is -0.478 e. The summed E-state index contributed by atoms with van der Waals surface area (Å²) in [5.74, 6) is -1.78. The molecule has 6 heteroatoms. The molecule has 1 unspecified atom stereocenters. The second-order valence-corrected chi connectivity index (χ2v) is 6.40. The lowest BCUT2D eigenvalue weighted by atomic mass is 10.0. The molecule has 1 N–H and O–H groups in total. The number of hydrogen-bond acceptors (Lipinski definition) is 2. The first-order valence-corrected chi connectivity index (χ1v) is 8.42. The highest BCUT2D eigenvalue weighted by Gasteiger charge is 2.32. The molecule has 0 heterocycles. The van der Waals surface area contributed by atoms with E-state index in [2.05, 4.69) is 0 Å². The number of nitrogens with zero attached hydrogens (tertiary/aromatic N) is 1. The number of carbonyl (C=O) groups is 2. The molecule has 2 aromatic rings. The zero-order chi connectivity index (χ0) is 18.1. The monoisotopic (exact) mass is 361 g/mol. The minimum absolute atomic E-state index is 0.0703. The fourth-order valence-electron chi connectivity index (χ4n) is 3.36. The third-order valence-corrected chi connectivity index (χ3v) is 4.89. The van der Waals surface area contributed by atoms with Crippen LogP contribution in [0.3, 0.4) is 0 Å². The van der Waals surface area contributed by atoms with Crippen LogP contribution in [-0.4, -0.2) is 28.4 Å². The van der Waals surface area contributed by atoms with Gasteiger partial charge in [-0.25, -0.2) is 9.18 Å². The van der Waals surface area contributed by atoms with E-state index in [-0.39, 0.29) is 28.1 Å². The number of aryl methyl sites for hydroxylation is 1. The molecule has 3 rings (SSSR count). The van der Waals surface area contributed by atoms with Gasteiger partial charge in [0.1, 0.15) is 5.82 Å². The summed E-state index contributed by atoms with van der Waals surface area (Å²) >= 11 is 6.03. The van der Waals surface area contributed by atoms with Gasteiger partial charge in [0.05, 0.1) is 22.2 Å². The van der Waals surface area contributed by atoms with Crippen LogP contribution in [0.2, 0.25) is 5.02 Å². The topological polar surface area (TPSA) is 57.6 Å². The summed E-state index contributed by atoms with van der Waals surface area (Å²) in [6, 6.07) is 8.52. The van der Waals surface area contributed by atoms with Crippen LogP contribution in [0.4, 0.5) is 4.39 Å². The predicted molar refractivity (Wildman–Crippen MR) is 92.6 cm³/mol. The van der Waals surface area contributed by atoms with Gasteiger partial charge in [-0.2, -0.15) is 0 Å². The lowest BCUT2D eigenvalue weighted by Gasteiger charge is -2.29. The molecule has 4 nitrogen and oxygen atoms in total. The Kier molecular flexibility index (Phi) is 4.77. The molecule has 0 bridgehead atoms. The van der Waals surface area contributed by atoms with Crippen molar-refractivity contribution in [2.24, 2.45) is 0 Å². The number of rotatable bonds is 4. The van der Waals surface area contributed by atoms with Crippen LogP contribution in [0.25, 0.3) is 0 Å². The van der Waals surface area contributed by atoms with E-state index in [4.69, 9.17) is 11.6 Å². The average molecular weight is 362 g/mol. The van der Waals surface area contributed by atoms with E-state index < -0.39 is 11.8 Å². The van der Waals surface area contributed by atoms with Gasteiger partial charge in [0.2, 0.25) is 0 Å². The number of benzene rings is 2. The first-order chi connectivity index (χ1) is 11.9. The maximum atomic E-state index is 13.2. The van der Waals surface area contributed by atoms with Crippen LogP contribution in [0.15, 0.2) is 36.4 Å². The quantitative estimate of drug-likeness (QED) is 0.881. The molecule has 25 heavy (non-hydrogen) atoms. The summed E-state index contributed by atoms with van der Waals surface area (Å²) < 4.78 is 13.2. The van der Waals surface area contributed by atoms with Gasteiger partial charge in [-0.3, -0.25) is 4.79 Å². The van der Waals surface area contributed by atoms with Crippen molar-refractivity contribution >= 4 is 23.5 Å². The Labute approximate surface area is 149 Å². The molecule has 1 aliphatic carbocycles. The predicted octanol–water partition coefficient (Wildman–Crippen LogP) is 4.33. The highest BCUT2D eigenvalue weighted by atomic mass is 35.5. The van der Waals surface area contributed by atoms with E-state index in [9.17, 15) is 19.1 Å². The van der Waals surface area contributed by atoms with Crippen LogP contribution in [0, 0.1) is 5.82 Å². The summed E-state index contributed by atoms with van der Waals surface area (Å²) in [5, 5.41) is 9.28. The van der Waals surface area contributed by atoms with E-state index in [1.807, 2.05) is 13.0 Å². The zero-order valence-corrected chi connectivity index (χ0v) is 14.4. The Morgan fingerprint density at radius 1 is 1.28 bits per heavy atom. The standard InChI is InChI=1S/C19H17ClFNO3/c1-2-22(18(23)14-7-6-13(21)10-16(14)20)17-8-5-11-3-4-12(19(24)25)9-15(11)17/h3-4,6-7,9-10,17H,2,5,8H2,1H3,(H,24,25). The first kappa shape index (κ1) is 17.4. The Bertz CT molecular complexity index is 853. The second kappa shape index (κ2) is 6.84. The van der Waals surface area contributed by atoms with Crippen molar-refractivity contribution in [1.29, 1.82) is 0 Å². The minimum atomic E-state index is -0.996. The van der Waals surface area contributed by atoms with Crippen LogP contribution in [0.5, 0.6) is 0 Å². The molecule has 2 aromatic carbocycles. The van der Waals surface area contributed by atoms with Crippen molar-refractivity contribution in [3.63, 3.8) is 0 Å². The number of carboxylic acids is 1. The Balaban J connectivity index is 1.97. The van der Waals surface area contributed by atoms with Crippen LogP contribution < -0.4 is 0 Å². The molecule has 0 aromatic heterocycles. The second-order valence-electron chi connectivity index (χ2n) is 5.99. The maximum absolute atomic E-state index is 13.2. The van der Waals surface area contributed by atoms with Gasteiger partial charge in [-0.05, 0) is 61.2 Å². The first-order valence-electron chi connectivity index (χ1n) is 8.04. The molecule has 0 spiro atoms. The Morgan fingerprint density at radius 3 is 2.68 bits per heavy atom. The Morgan fingerprint density at radius 2 is 2.04 bits per heavy atom. The SMILES string of the molecule is CCN(C(=O)c1ccc(F)cc1Cl)C1CCc2ccc(C(=O)O)cc21. The number of halogens is 2. The molecule has 1 amide bonds. The van der Waals surface area contributed by atoms with Crippen LogP contribution in [-0.2, 0) is 6.42 Å². The molecule has 0 radical (unpaired) electrons. The third kappa shape index (κ3) is 3.24. The van der Waals surface area contributed by atoms with Gasteiger partial charge in [-0.1, -0.05) is 17.7 Å². The average Bonchev–Trinajstić information content (AvgIpc) is 2.98. The van der Waals surface area contributed by atoms with Gasteiger partial charge in [0, 0.05) is 6.54 Å². The van der Waals surface area contributed by atoms with Gasteiger partial charge in [0.25, 0.3) is 5.91 Å². The van der Waals surface area contributed by atoms with Crippen LogP contribution in [0.1, 0.15) is 51.2 Å². The van der Waals surface area contributed by atoms with E-state index in [1.165, 1.54) is 12.1 Å². The number of aromatic carboxylic acids is 1. The Hall–Kier alpha value is -2.40. The molecule has 0 aliphatic heterocycles. The zero-order valence-electron chi connectivity index (χ0n) is 13.6. The van der Waals surface area contributed by atoms with Crippen molar-refractivity contribution in [2.45, 2.75) is 25.8 Å². The smallest absolute Gasteiger partial charge is 0.335 e. The molecule has 1 atom stereocenters. The molecule has 0 saturated heterocycles. The molecule has 0 fully saturated rings. The van der Waals surface area contributed by atoms with E-state index in [0.29, 0.717) is 6.54 Å². The molecular weight excluding hydrogens is 345 g/mol. The lowest BCUT2D eigenvalue weighted by Crippen LogP contribution is -2.34. The van der Waals surface area contributed by atoms with E-state index >= 15 is 0 Å². The molecular formula is C19H17ClFNO3. The van der Waals surface area contributed by atoms with E-state index in [1.54, 1.807) is 17.0 Å². The fraction of sp³-hybridized carbons (Fsp3) is 0.263. The summed E-state index contributed by atoms with van der Waals surface area (Å²) in [6.07, 6.45) is 1.50. The number of amides is 1. The molecule has 1 aliphatic rings. The van der Waals surface area contributed by atoms with Gasteiger partial charge >= 0.3 is 5.97 Å². The van der Waals surface area contributed by atoms with Crippen molar-refractivity contribution in [2.75, 3.05) is 6.54 Å². The third-order valence-electron chi connectivity index (χ3n) is 4.58. The lowest BCUT2D eigenvalue weighted by molar-refractivity contribution is 0.0687. The van der Waals surface area contributed by atoms with Crippen LogP contribution >= 0.6 is 11.6 Å². The number of hydrogen-bond donors (Lipinski definition) is 1. The number of carboxylic acid groups (broad SMARTS) is 1. The number of fused-ring (bicyclic) bond motifs is 1. The molecule has 130 valence electrons. The summed E-state index contributed by atoms with van der Waals surface area (Å²) in [7, 11) is 0. The highest BCUT2D eigenvalue weighted by Crippen LogP contribution is 2.37. The van der Waals surface area contributed by atoms with Crippen molar-refractivity contribution in [1.82, 2.24) is 4.90 Å². The summed E-state index contributed by atoms with van der Waals surface area (Å²) in [4.78, 5) is 25.8. The van der Waals surface area contributed by atoms with Crippen molar-refractivity contribution in [3.05, 3.63) is 69.5 Å². The van der Waals surface area contributed by atoms with Gasteiger partial charge < -0.3 is 10.0 Å². The normalized spacial score (nSPS) is 15.7. The summed E-state index contributed by atoms with van der Waals surface area (Å²) in [5.41, 5.74) is 2.35. The van der Waals surface area contributed by atoms with Crippen molar-refractivity contribution < 1.29 is 19.1 Å². The highest BCUT2D eigenvalue weighted by molar-refractivity contribution is 6.33. The largest absolute Gasteiger partial charge is 0.478 e. The van der Waals surface area contributed by atoms with E-state index in [0.717, 1.165) is 30.0 Å². The van der Waals surface area contributed by atoms with Gasteiger partial charge in [0.15, 0.2) is 0 Å². The van der Waals surface area contributed by atoms with Gasteiger partial charge in [-0.15, -0.1) is 0 Å². The maximum Gasteiger partial charge on any atom is 0.335 e. The van der Waals surface area contributed by atoms with Crippen molar-refractivity contribution in [3.8, 4) is 0 Å².